The molecule has 0 saturated heterocycles. The molecule has 0 radical (unpaired) electrons. The Labute approximate surface area is 154 Å². The van der Waals surface area contributed by atoms with Crippen LogP contribution in [-0.4, -0.2) is 94.0 Å². The molecule has 0 rings (SSSR count). The van der Waals surface area contributed by atoms with Crippen LogP contribution in [0.3, 0.4) is 0 Å². The van der Waals surface area contributed by atoms with Crippen molar-refractivity contribution < 1.29 is 33.2 Å². The fourth-order valence-electron chi connectivity index (χ4n) is 1.52. The van der Waals surface area contributed by atoms with Gasteiger partial charge in [-0.1, -0.05) is 19.8 Å². The summed E-state index contributed by atoms with van der Waals surface area (Å²) in [7, 11) is 4.97. The fourth-order valence-corrected chi connectivity index (χ4v) is 1.52. The van der Waals surface area contributed by atoms with Crippen LogP contribution in [0.25, 0.3) is 0 Å². The van der Waals surface area contributed by atoms with Gasteiger partial charge in [0.15, 0.2) is 0 Å². The fraction of sp³-hybridized carbons (Fsp3) is 1.00. The van der Waals surface area contributed by atoms with Gasteiger partial charge in [0, 0.05) is 27.9 Å². The molecule has 0 aromatic heterocycles. The van der Waals surface area contributed by atoms with E-state index >= 15 is 0 Å². The Bertz CT molecular complexity index is 186. The van der Waals surface area contributed by atoms with Crippen LogP contribution >= 0.6 is 0 Å². The highest BCUT2D eigenvalue weighted by Gasteiger charge is 1.90. The minimum atomic E-state index is 0.618. The standard InChI is InChI=1S/C10H22O3.C8H18O4/c1-3-4-5-6-12-9-10-13-8-7-11-2;1-9-3-5-11-7-8-12-6-4-10-2/h3-10H2,1-2H3;3-8H2,1-2H3. The van der Waals surface area contributed by atoms with Gasteiger partial charge in [0.05, 0.1) is 66.1 Å². The number of unbranched alkanes of at least 4 members (excludes halogenated alkanes) is 2. The van der Waals surface area contributed by atoms with Crippen molar-refractivity contribution in [2.24, 2.45) is 0 Å². The van der Waals surface area contributed by atoms with Crippen LogP contribution in [0.15, 0.2) is 0 Å². The number of methoxy groups -OCH3 is 3. The lowest BCUT2D eigenvalue weighted by atomic mass is 10.3. The van der Waals surface area contributed by atoms with Crippen molar-refractivity contribution in [2.45, 2.75) is 26.2 Å². The van der Waals surface area contributed by atoms with E-state index in [4.69, 9.17) is 33.2 Å². The lowest BCUT2D eigenvalue weighted by Gasteiger charge is -2.04. The summed E-state index contributed by atoms with van der Waals surface area (Å²) >= 11 is 0. The zero-order valence-electron chi connectivity index (χ0n) is 16.8. The van der Waals surface area contributed by atoms with E-state index < -0.39 is 0 Å². The van der Waals surface area contributed by atoms with Crippen LogP contribution in [-0.2, 0) is 33.2 Å². The summed E-state index contributed by atoms with van der Waals surface area (Å²) in [5.74, 6) is 0. The molecule has 154 valence electrons. The normalized spacial score (nSPS) is 10.6. The van der Waals surface area contributed by atoms with Crippen molar-refractivity contribution in [2.75, 3.05) is 94.0 Å². The molecule has 0 aromatic rings. The molecule has 0 fully saturated rings. The van der Waals surface area contributed by atoms with Crippen molar-refractivity contribution in [1.82, 2.24) is 0 Å². The molecule has 0 aliphatic carbocycles. The highest BCUT2D eigenvalue weighted by atomic mass is 16.6. The molecule has 0 aliphatic heterocycles. The molecule has 0 saturated carbocycles. The number of hydrogen-bond acceptors (Lipinski definition) is 7. The molecule has 0 aromatic carbocycles. The van der Waals surface area contributed by atoms with Gasteiger partial charge in [-0.3, -0.25) is 0 Å². The van der Waals surface area contributed by atoms with Gasteiger partial charge in [-0.05, 0) is 6.42 Å². The van der Waals surface area contributed by atoms with Gasteiger partial charge in [0.2, 0.25) is 0 Å². The zero-order chi connectivity index (χ0) is 18.8. The molecular weight excluding hydrogens is 328 g/mol. The molecule has 0 bridgehead atoms. The number of hydrogen-bond donors (Lipinski definition) is 0. The van der Waals surface area contributed by atoms with Gasteiger partial charge < -0.3 is 33.2 Å². The molecule has 7 nitrogen and oxygen atoms in total. The summed E-state index contributed by atoms with van der Waals surface area (Å²) in [4.78, 5) is 0. The van der Waals surface area contributed by atoms with Gasteiger partial charge in [-0.15, -0.1) is 0 Å². The molecule has 0 atom stereocenters. The first-order valence-electron chi connectivity index (χ1n) is 9.11. The molecule has 0 spiro atoms. The predicted molar refractivity (Wildman–Crippen MR) is 98.4 cm³/mol. The topological polar surface area (TPSA) is 64.6 Å². The Kier molecular flexibility index (Phi) is 30.7. The van der Waals surface area contributed by atoms with Crippen molar-refractivity contribution >= 4 is 0 Å². The molecule has 0 heterocycles. The highest BCUT2D eigenvalue weighted by molar-refractivity contribution is 4.37. The van der Waals surface area contributed by atoms with E-state index in [0.29, 0.717) is 66.1 Å². The van der Waals surface area contributed by atoms with Crippen molar-refractivity contribution in [1.29, 1.82) is 0 Å². The van der Waals surface area contributed by atoms with Crippen LogP contribution < -0.4 is 0 Å². The molecule has 0 unspecified atom stereocenters. The Balaban J connectivity index is 0. The Morgan fingerprint density at radius 2 is 0.720 bits per heavy atom. The minimum absolute atomic E-state index is 0.618. The molecule has 0 aliphatic rings. The van der Waals surface area contributed by atoms with Gasteiger partial charge in [0.1, 0.15) is 0 Å². The maximum Gasteiger partial charge on any atom is 0.0701 e. The van der Waals surface area contributed by atoms with Crippen LogP contribution in [0.5, 0.6) is 0 Å². The van der Waals surface area contributed by atoms with Crippen molar-refractivity contribution in [3.63, 3.8) is 0 Å². The molecule has 0 amide bonds. The van der Waals surface area contributed by atoms with E-state index in [0.717, 1.165) is 13.0 Å². The smallest absolute Gasteiger partial charge is 0.0701 e. The van der Waals surface area contributed by atoms with Crippen LogP contribution in [0.2, 0.25) is 0 Å². The molecule has 25 heavy (non-hydrogen) atoms. The second-order valence-corrected chi connectivity index (χ2v) is 5.13. The zero-order valence-corrected chi connectivity index (χ0v) is 16.8. The van der Waals surface area contributed by atoms with E-state index in [1.165, 1.54) is 12.8 Å². The Hall–Kier alpha value is -0.280. The highest BCUT2D eigenvalue weighted by Crippen LogP contribution is 1.93. The third kappa shape index (κ3) is 31.9. The number of rotatable bonds is 19. The van der Waals surface area contributed by atoms with Crippen LogP contribution in [0.4, 0.5) is 0 Å². The van der Waals surface area contributed by atoms with E-state index in [1.54, 1.807) is 21.3 Å². The molecule has 0 N–H and O–H groups in total. The summed E-state index contributed by atoms with van der Waals surface area (Å²) in [6.45, 7) is 9.52. The van der Waals surface area contributed by atoms with Crippen LogP contribution in [0.1, 0.15) is 26.2 Å². The van der Waals surface area contributed by atoms with E-state index in [2.05, 4.69) is 6.92 Å². The maximum atomic E-state index is 5.35. The second-order valence-electron chi connectivity index (χ2n) is 5.13. The first kappa shape index (κ1) is 26.9. The van der Waals surface area contributed by atoms with E-state index in [-0.39, 0.29) is 0 Å². The average molecular weight is 369 g/mol. The Morgan fingerprint density at radius 3 is 1.04 bits per heavy atom. The van der Waals surface area contributed by atoms with Crippen LogP contribution in [0, 0.1) is 0 Å². The lowest BCUT2D eigenvalue weighted by Crippen LogP contribution is -2.10. The number of ether oxygens (including phenoxy) is 7. The van der Waals surface area contributed by atoms with Crippen molar-refractivity contribution in [3.05, 3.63) is 0 Å². The first-order valence-corrected chi connectivity index (χ1v) is 9.11. The monoisotopic (exact) mass is 368 g/mol. The SMILES string of the molecule is CCCCCOCCOCCOC.COCCOCCOCCOC. The summed E-state index contributed by atoms with van der Waals surface area (Å²) in [5.41, 5.74) is 0. The lowest BCUT2D eigenvalue weighted by molar-refractivity contribution is 0.0106. The summed E-state index contributed by atoms with van der Waals surface area (Å²) in [6, 6.07) is 0. The van der Waals surface area contributed by atoms with E-state index in [1.807, 2.05) is 0 Å². The largest absolute Gasteiger partial charge is 0.382 e. The van der Waals surface area contributed by atoms with Gasteiger partial charge in [-0.25, -0.2) is 0 Å². The molecular formula is C18H40O7. The predicted octanol–water partition coefficient (Wildman–Crippen LogP) is 2.17. The maximum absolute atomic E-state index is 5.35. The minimum Gasteiger partial charge on any atom is -0.382 e. The first-order chi connectivity index (χ1) is 12.3. The summed E-state index contributed by atoms with van der Waals surface area (Å²) < 4.78 is 35.3. The summed E-state index contributed by atoms with van der Waals surface area (Å²) in [6.07, 6.45) is 3.66. The van der Waals surface area contributed by atoms with Gasteiger partial charge in [0.25, 0.3) is 0 Å². The average Bonchev–Trinajstić information content (AvgIpc) is 2.63. The third-order valence-corrected chi connectivity index (χ3v) is 2.93. The van der Waals surface area contributed by atoms with Gasteiger partial charge in [-0.2, -0.15) is 0 Å². The van der Waals surface area contributed by atoms with Gasteiger partial charge >= 0.3 is 0 Å². The quantitative estimate of drug-likeness (QED) is 0.324. The van der Waals surface area contributed by atoms with E-state index in [9.17, 15) is 0 Å². The second kappa shape index (κ2) is 28.5. The van der Waals surface area contributed by atoms with Crippen molar-refractivity contribution in [3.8, 4) is 0 Å². The molecule has 7 heteroatoms. The third-order valence-electron chi connectivity index (χ3n) is 2.93. The summed E-state index contributed by atoms with van der Waals surface area (Å²) in [5, 5.41) is 0. The Morgan fingerprint density at radius 1 is 0.400 bits per heavy atom.